The van der Waals surface area contributed by atoms with Gasteiger partial charge in [-0.2, -0.15) is 0 Å². The summed E-state index contributed by atoms with van der Waals surface area (Å²) in [5, 5.41) is 34.6. The molecule has 0 bridgehead atoms. The summed E-state index contributed by atoms with van der Waals surface area (Å²) in [4.78, 5) is 34.8. The molecule has 1 heterocycles. The van der Waals surface area contributed by atoms with Crippen LogP contribution in [0, 0.1) is 23.7 Å². The van der Waals surface area contributed by atoms with E-state index in [9.17, 15) is 24.9 Å². The van der Waals surface area contributed by atoms with Crippen molar-refractivity contribution in [3.05, 3.63) is 114 Å². The Bertz CT molecular complexity index is 2070. The van der Waals surface area contributed by atoms with E-state index in [-0.39, 0.29) is 82.9 Å². The molecule has 0 spiro atoms. The molecule has 3 aromatic carbocycles. The van der Waals surface area contributed by atoms with Crippen LogP contribution in [-0.4, -0.2) is 96.1 Å². The van der Waals surface area contributed by atoms with E-state index in [1.165, 1.54) is 12.8 Å². The maximum atomic E-state index is 15.0. The molecule has 65 heavy (non-hydrogen) atoms. The molecule has 4 aliphatic rings. The van der Waals surface area contributed by atoms with Crippen LogP contribution in [0.5, 0.6) is 17.2 Å². The highest BCUT2D eigenvalue weighted by atomic mass is 16.7. The molecule has 12 heteroatoms. The Kier molecular flexibility index (Phi) is 17.8. The molecular formula is C53H68N2O10. The lowest BCUT2D eigenvalue weighted by Gasteiger charge is -2.60. The molecule has 0 unspecified atom stereocenters. The Morgan fingerprint density at radius 3 is 2.43 bits per heavy atom. The Balaban J connectivity index is 1.41. The lowest BCUT2D eigenvalue weighted by molar-refractivity contribution is -0.258. The van der Waals surface area contributed by atoms with E-state index in [1.54, 1.807) is 24.3 Å². The van der Waals surface area contributed by atoms with Gasteiger partial charge in [-0.3, -0.25) is 9.59 Å². The number of carbonyl (C=O) groups is 2. The normalized spacial score (nSPS) is 24.1. The Labute approximate surface area is 384 Å². The highest BCUT2D eigenvalue weighted by molar-refractivity contribution is 6.03. The zero-order chi connectivity index (χ0) is 45.4. The van der Waals surface area contributed by atoms with Crippen LogP contribution in [-0.2, 0) is 25.7 Å². The molecule has 2 saturated carbocycles. The van der Waals surface area contributed by atoms with Crippen LogP contribution in [0.1, 0.15) is 111 Å². The van der Waals surface area contributed by atoms with Crippen LogP contribution in [0.2, 0.25) is 0 Å². The molecule has 0 saturated heterocycles. The minimum Gasteiger partial charge on any atom is -0.459 e. The predicted molar refractivity (Wildman–Crippen MR) is 249 cm³/mol. The summed E-state index contributed by atoms with van der Waals surface area (Å²) in [5.41, 5.74) is 4.07. The zero-order valence-corrected chi connectivity index (χ0v) is 37.8. The van der Waals surface area contributed by atoms with Gasteiger partial charge < -0.3 is 44.0 Å². The molecule has 3 aromatic rings. The number of fused-ring (bicyclic) bond motifs is 2. The highest BCUT2D eigenvalue weighted by Gasteiger charge is 2.65. The van der Waals surface area contributed by atoms with Gasteiger partial charge in [0.25, 0.3) is 0 Å². The largest absolute Gasteiger partial charge is 0.459 e. The molecular weight excluding hydrogens is 825 g/mol. The monoisotopic (exact) mass is 892 g/mol. The summed E-state index contributed by atoms with van der Waals surface area (Å²) in [6.07, 6.45) is 15.4. The van der Waals surface area contributed by atoms with Crippen molar-refractivity contribution < 1.29 is 48.7 Å². The number of allylic oxidation sites excluding steroid dienone is 1. The van der Waals surface area contributed by atoms with Gasteiger partial charge in [-0.1, -0.05) is 98.3 Å². The summed E-state index contributed by atoms with van der Waals surface area (Å²) in [6.45, 7) is 5.10. The molecule has 3 aliphatic carbocycles. The number of nitrogens with zero attached hydrogens (tertiary/aromatic N) is 2. The van der Waals surface area contributed by atoms with Gasteiger partial charge in [0.05, 0.1) is 38.1 Å². The first kappa shape index (κ1) is 48.1. The number of oxime groups is 1. The number of amides is 1. The van der Waals surface area contributed by atoms with Crippen molar-refractivity contribution in [3.8, 4) is 17.2 Å². The number of carbonyl (C=O) groups excluding carboxylic acids is 2. The quantitative estimate of drug-likeness (QED) is 0.0308. The molecule has 6 atom stereocenters. The fourth-order valence-corrected chi connectivity index (χ4v) is 10.8. The average molecular weight is 893 g/mol. The van der Waals surface area contributed by atoms with Crippen molar-refractivity contribution in [1.82, 2.24) is 4.90 Å². The number of rotatable bonds is 26. The first-order valence-corrected chi connectivity index (χ1v) is 23.9. The molecule has 0 radical (unpaired) electrons. The topological polar surface area (TPSA) is 157 Å². The van der Waals surface area contributed by atoms with Crippen LogP contribution in [0.15, 0.2) is 102 Å². The number of aliphatic hydroxyl groups is 3. The summed E-state index contributed by atoms with van der Waals surface area (Å²) in [5.74, 6) is 0.149. The van der Waals surface area contributed by atoms with Gasteiger partial charge in [-0.25, -0.2) is 0 Å². The van der Waals surface area contributed by atoms with Crippen molar-refractivity contribution in [3.63, 3.8) is 0 Å². The molecule has 7 rings (SSSR count). The van der Waals surface area contributed by atoms with Gasteiger partial charge in [0.2, 0.25) is 11.7 Å². The van der Waals surface area contributed by atoms with Crippen molar-refractivity contribution in [1.29, 1.82) is 0 Å². The van der Waals surface area contributed by atoms with E-state index >= 15 is 0 Å². The van der Waals surface area contributed by atoms with E-state index in [1.807, 2.05) is 59.5 Å². The third kappa shape index (κ3) is 11.8. The molecule has 0 aromatic heterocycles. The van der Waals surface area contributed by atoms with E-state index in [0.29, 0.717) is 48.0 Å². The van der Waals surface area contributed by atoms with Crippen molar-refractivity contribution in [2.75, 3.05) is 46.2 Å². The minimum absolute atomic E-state index is 0.0162. The van der Waals surface area contributed by atoms with Crippen molar-refractivity contribution in [2.24, 2.45) is 28.8 Å². The maximum Gasteiger partial charge on any atom is 0.239 e. The van der Waals surface area contributed by atoms with Gasteiger partial charge in [-0.05, 0) is 91.3 Å². The van der Waals surface area contributed by atoms with Crippen molar-refractivity contribution in [2.45, 2.75) is 108 Å². The lowest BCUT2D eigenvalue weighted by Crippen LogP contribution is -2.70. The number of aldehydes is 1. The second-order valence-corrected chi connectivity index (χ2v) is 17.9. The molecule has 350 valence electrons. The standard InChI is InChI=1S/C53H68N2O10/c1-2-29-62-53-49(55(25-30-61-31-28-58)50(60)24-21-38-13-6-7-14-38)35-47(54-63-37-39-15-4-3-5-16-39)45-33-41(18-8-10-26-56)44(20-9-11-27-57)51(52(45)53)46-34-43(22-23-48(46)65-53)64-42-19-12-17-40(32-42)36-59/h2-5,12,15-17,19,22-23,32-34,36,38,41,44,49,51-52,56-58H,1,6-11,13-14,18,20-21,24-31,35,37H2/t41-,44+,49-,51+,52+,53+/m0/s1. The summed E-state index contributed by atoms with van der Waals surface area (Å²) in [7, 11) is 0. The lowest BCUT2D eigenvalue weighted by atomic mass is 9.55. The van der Waals surface area contributed by atoms with E-state index in [0.717, 1.165) is 73.6 Å². The first-order valence-electron chi connectivity index (χ1n) is 23.9. The second-order valence-electron chi connectivity index (χ2n) is 17.9. The number of aliphatic hydroxyl groups excluding tert-OH is 3. The molecule has 12 nitrogen and oxygen atoms in total. The number of hydrogen-bond donors (Lipinski definition) is 3. The fraction of sp³-hybridized carbons (Fsp3) is 0.528. The molecule has 3 N–H and O–H groups in total. The second kappa shape index (κ2) is 24.1. The maximum absolute atomic E-state index is 15.0. The number of benzene rings is 3. The Hall–Kier alpha value is -4.85. The van der Waals surface area contributed by atoms with Crippen LogP contribution in [0.3, 0.4) is 0 Å². The van der Waals surface area contributed by atoms with Gasteiger partial charge in [0.1, 0.15) is 36.2 Å². The summed E-state index contributed by atoms with van der Waals surface area (Å²) >= 11 is 0. The smallest absolute Gasteiger partial charge is 0.239 e. The average Bonchev–Trinajstić information content (AvgIpc) is 3.86. The predicted octanol–water partition coefficient (Wildman–Crippen LogP) is 8.93. The van der Waals surface area contributed by atoms with Crippen LogP contribution in [0.25, 0.3) is 0 Å². The first-order chi connectivity index (χ1) is 31.9. The van der Waals surface area contributed by atoms with Crippen LogP contribution in [0.4, 0.5) is 0 Å². The van der Waals surface area contributed by atoms with Crippen LogP contribution >= 0.6 is 0 Å². The van der Waals surface area contributed by atoms with E-state index < -0.39 is 17.7 Å². The van der Waals surface area contributed by atoms with Gasteiger partial charge in [-0.15, -0.1) is 6.58 Å². The van der Waals surface area contributed by atoms with Gasteiger partial charge >= 0.3 is 0 Å². The van der Waals surface area contributed by atoms with Gasteiger partial charge in [0.15, 0.2) is 0 Å². The SMILES string of the molecule is C=CCO[C@@]12Oc3ccc(Oc4cccc(C=O)c4)cc3[C@H]3[C@H](CCCCO)[C@@H](CCCCO)C=C(C(=NOCc4ccccc4)C[C@@H]1N(CCOCCO)C(=O)CCC1CCCC1)[C@H]32. The number of ether oxygens (including phenoxy) is 4. The van der Waals surface area contributed by atoms with Gasteiger partial charge in [0, 0.05) is 49.6 Å². The Morgan fingerprint density at radius 2 is 1.68 bits per heavy atom. The zero-order valence-electron chi connectivity index (χ0n) is 37.8. The summed E-state index contributed by atoms with van der Waals surface area (Å²) in [6, 6.07) is 22.1. The van der Waals surface area contributed by atoms with Crippen LogP contribution < -0.4 is 9.47 Å². The van der Waals surface area contributed by atoms with Crippen molar-refractivity contribution >= 4 is 17.9 Å². The van der Waals surface area contributed by atoms with E-state index in [4.69, 9.17) is 28.9 Å². The third-order valence-electron chi connectivity index (χ3n) is 13.8. The molecule has 1 amide bonds. The Morgan fingerprint density at radius 1 is 0.892 bits per heavy atom. The number of unbranched alkanes of at least 4 members (excludes halogenated alkanes) is 2. The fourth-order valence-electron chi connectivity index (χ4n) is 10.8. The molecule has 1 aliphatic heterocycles. The third-order valence-corrected chi connectivity index (χ3v) is 13.8. The number of hydrogen-bond acceptors (Lipinski definition) is 11. The minimum atomic E-state index is -1.41. The summed E-state index contributed by atoms with van der Waals surface area (Å²) < 4.78 is 26.9. The van der Waals surface area contributed by atoms with E-state index in [2.05, 4.69) is 12.7 Å². The highest BCUT2D eigenvalue weighted by Crippen LogP contribution is 2.62. The molecule has 2 fully saturated rings.